The molecule has 0 saturated heterocycles. The standard InChI is InChI=1S/C15H19N5OS/c1-8(2)20-9(3)6-12(18-20)17-14(21)13-11(5)16-15-19(13)7-10(4)22-15/h6-8H,1-5H3,(H,17,18,21). The summed E-state index contributed by atoms with van der Waals surface area (Å²) in [6.07, 6.45) is 1.94. The first-order chi connectivity index (χ1) is 10.4. The average molecular weight is 317 g/mol. The molecule has 0 unspecified atom stereocenters. The minimum atomic E-state index is -0.184. The summed E-state index contributed by atoms with van der Waals surface area (Å²) >= 11 is 1.57. The van der Waals surface area contributed by atoms with Gasteiger partial charge < -0.3 is 5.32 Å². The van der Waals surface area contributed by atoms with Crippen LogP contribution in [0.3, 0.4) is 0 Å². The van der Waals surface area contributed by atoms with Gasteiger partial charge in [0.15, 0.2) is 10.8 Å². The largest absolute Gasteiger partial charge is 0.304 e. The van der Waals surface area contributed by atoms with Crippen LogP contribution in [0.5, 0.6) is 0 Å². The summed E-state index contributed by atoms with van der Waals surface area (Å²) < 4.78 is 3.74. The van der Waals surface area contributed by atoms with Gasteiger partial charge in [0, 0.05) is 28.9 Å². The van der Waals surface area contributed by atoms with Gasteiger partial charge in [-0.05, 0) is 34.6 Å². The summed E-state index contributed by atoms with van der Waals surface area (Å²) in [4.78, 5) is 19.0. The summed E-state index contributed by atoms with van der Waals surface area (Å²) in [5.41, 5.74) is 2.31. The summed E-state index contributed by atoms with van der Waals surface area (Å²) in [5, 5.41) is 7.31. The fourth-order valence-corrected chi connectivity index (χ4v) is 3.46. The number of imidazole rings is 1. The lowest BCUT2D eigenvalue weighted by Crippen LogP contribution is -2.16. The predicted molar refractivity (Wildman–Crippen MR) is 87.8 cm³/mol. The Bertz CT molecular complexity index is 855. The van der Waals surface area contributed by atoms with E-state index in [1.165, 1.54) is 0 Å². The molecule has 3 heterocycles. The summed E-state index contributed by atoms with van der Waals surface area (Å²) in [7, 11) is 0. The van der Waals surface area contributed by atoms with Gasteiger partial charge in [-0.2, -0.15) is 5.10 Å². The molecule has 0 bridgehead atoms. The Kier molecular flexibility index (Phi) is 3.52. The fourth-order valence-electron chi connectivity index (χ4n) is 2.59. The Morgan fingerprint density at radius 3 is 2.68 bits per heavy atom. The minimum Gasteiger partial charge on any atom is -0.304 e. The topological polar surface area (TPSA) is 64.2 Å². The molecule has 1 amide bonds. The first kappa shape index (κ1) is 14.8. The lowest BCUT2D eigenvalue weighted by molar-refractivity contribution is 0.102. The average Bonchev–Trinajstić information content (AvgIpc) is 3.01. The number of hydrogen-bond donors (Lipinski definition) is 1. The monoisotopic (exact) mass is 317 g/mol. The number of nitrogens with zero attached hydrogens (tertiary/aromatic N) is 4. The van der Waals surface area contributed by atoms with Gasteiger partial charge in [0.2, 0.25) is 0 Å². The maximum absolute atomic E-state index is 12.6. The zero-order valence-electron chi connectivity index (χ0n) is 13.3. The Balaban J connectivity index is 1.93. The van der Waals surface area contributed by atoms with Gasteiger partial charge in [-0.15, -0.1) is 11.3 Å². The second kappa shape index (κ2) is 5.24. The maximum atomic E-state index is 12.6. The van der Waals surface area contributed by atoms with Gasteiger partial charge in [-0.3, -0.25) is 13.9 Å². The summed E-state index contributed by atoms with van der Waals surface area (Å²) in [5.74, 6) is 0.383. The highest BCUT2D eigenvalue weighted by molar-refractivity contribution is 7.17. The molecule has 0 atom stereocenters. The van der Waals surface area contributed by atoms with E-state index in [4.69, 9.17) is 0 Å². The molecule has 7 heteroatoms. The van der Waals surface area contributed by atoms with Crippen LogP contribution in [0.15, 0.2) is 12.3 Å². The fraction of sp³-hybridized carbons (Fsp3) is 0.400. The van der Waals surface area contributed by atoms with E-state index < -0.39 is 0 Å². The van der Waals surface area contributed by atoms with Gasteiger partial charge in [0.1, 0.15) is 5.69 Å². The van der Waals surface area contributed by atoms with Crippen molar-refractivity contribution in [2.45, 2.75) is 40.7 Å². The Morgan fingerprint density at radius 2 is 2.05 bits per heavy atom. The van der Waals surface area contributed by atoms with E-state index in [1.807, 2.05) is 42.1 Å². The third-order valence-electron chi connectivity index (χ3n) is 3.48. The molecule has 0 aliphatic rings. The van der Waals surface area contributed by atoms with Crippen molar-refractivity contribution in [2.75, 3.05) is 5.32 Å². The molecule has 1 N–H and O–H groups in total. The van der Waals surface area contributed by atoms with Crippen molar-refractivity contribution in [2.24, 2.45) is 0 Å². The number of carbonyl (C=O) groups is 1. The van der Waals surface area contributed by atoms with Gasteiger partial charge in [0.05, 0.1) is 5.69 Å². The highest BCUT2D eigenvalue weighted by Crippen LogP contribution is 2.22. The number of fused-ring (bicyclic) bond motifs is 1. The molecular weight excluding hydrogens is 298 g/mol. The highest BCUT2D eigenvalue weighted by atomic mass is 32.1. The molecular formula is C15H19N5OS. The number of carbonyl (C=O) groups excluding carboxylic acids is 1. The Morgan fingerprint density at radius 1 is 1.32 bits per heavy atom. The van der Waals surface area contributed by atoms with Gasteiger partial charge in [-0.1, -0.05) is 0 Å². The lowest BCUT2D eigenvalue weighted by atomic mass is 10.3. The third kappa shape index (κ3) is 2.41. The van der Waals surface area contributed by atoms with Crippen LogP contribution in [0.2, 0.25) is 0 Å². The maximum Gasteiger partial charge on any atom is 0.275 e. The molecule has 0 aliphatic carbocycles. The molecule has 0 radical (unpaired) electrons. The summed E-state index contributed by atoms with van der Waals surface area (Å²) in [6.45, 7) is 9.95. The molecule has 3 aromatic rings. The van der Waals surface area contributed by atoms with Crippen LogP contribution >= 0.6 is 11.3 Å². The van der Waals surface area contributed by atoms with Crippen molar-refractivity contribution in [3.05, 3.63) is 34.2 Å². The number of aryl methyl sites for hydroxylation is 3. The molecule has 0 saturated carbocycles. The zero-order valence-corrected chi connectivity index (χ0v) is 14.2. The van der Waals surface area contributed by atoms with Gasteiger partial charge in [-0.25, -0.2) is 4.98 Å². The lowest BCUT2D eigenvalue weighted by Gasteiger charge is -2.07. The van der Waals surface area contributed by atoms with Gasteiger partial charge in [0.25, 0.3) is 5.91 Å². The van der Waals surface area contributed by atoms with Crippen LogP contribution in [-0.2, 0) is 0 Å². The number of amides is 1. The van der Waals surface area contributed by atoms with Crippen LogP contribution in [-0.4, -0.2) is 25.1 Å². The van der Waals surface area contributed by atoms with Gasteiger partial charge >= 0.3 is 0 Å². The number of rotatable bonds is 3. The van der Waals surface area contributed by atoms with Crippen molar-refractivity contribution < 1.29 is 4.79 Å². The third-order valence-corrected chi connectivity index (χ3v) is 4.38. The number of nitrogens with one attached hydrogen (secondary N) is 1. The van der Waals surface area contributed by atoms with E-state index >= 15 is 0 Å². The summed E-state index contributed by atoms with van der Waals surface area (Å²) in [6, 6.07) is 2.14. The number of hydrogen-bond acceptors (Lipinski definition) is 4. The quantitative estimate of drug-likeness (QED) is 0.805. The Labute approximate surface area is 132 Å². The van der Waals surface area contributed by atoms with Crippen LogP contribution in [0.25, 0.3) is 4.96 Å². The second-order valence-corrected chi connectivity index (χ2v) is 6.92. The van der Waals surface area contributed by atoms with E-state index in [1.54, 1.807) is 11.3 Å². The molecule has 3 rings (SSSR count). The predicted octanol–water partition coefficient (Wildman–Crippen LogP) is 3.35. The van der Waals surface area contributed by atoms with Crippen molar-refractivity contribution in [3.8, 4) is 0 Å². The molecule has 6 nitrogen and oxygen atoms in total. The Hall–Kier alpha value is -2.15. The van der Waals surface area contributed by atoms with E-state index in [0.717, 1.165) is 21.2 Å². The number of anilines is 1. The highest BCUT2D eigenvalue weighted by Gasteiger charge is 2.19. The molecule has 116 valence electrons. The van der Waals surface area contributed by atoms with E-state index in [9.17, 15) is 4.79 Å². The first-order valence-corrected chi connectivity index (χ1v) is 8.01. The van der Waals surface area contributed by atoms with Crippen molar-refractivity contribution in [1.82, 2.24) is 19.2 Å². The van der Waals surface area contributed by atoms with Crippen LogP contribution in [0, 0.1) is 20.8 Å². The normalized spacial score (nSPS) is 11.5. The van der Waals surface area contributed by atoms with E-state index in [0.29, 0.717) is 11.5 Å². The number of thiazole rings is 1. The molecule has 0 aliphatic heterocycles. The SMILES string of the molecule is Cc1cn2c(C(=O)Nc3cc(C)n(C(C)C)n3)c(C)nc2s1. The van der Waals surface area contributed by atoms with E-state index in [2.05, 4.69) is 29.2 Å². The molecule has 0 fully saturated rings. The molecule has 0 spiro atoms. The number of aromatic nitrogens is 4. The van der Waals surface area contributed by atoms with Crippen LogP contribution < -0.4 is 5.32 Å². The zero-order chi connectivity index (χ0) is 16.0. The van der Waals surface area contributed by atoms with Crippen LogP contribution in [0.1, 0.15) is 46.6 Å². The van der Waals surface area contributed by atoms with Crippen molar-refractivity contribution in [1.29, 1.82) is 0 Å². The first-order valence-electron chi connectivity index (χ1n) is 7.19. The minimum absolute atomic E-state index is 0.184. The molecule has 22 heavy (non-hydrogen) atoms. The van der Waals surface area contributed by atoms with Crippen molar-refractivity contribution >= 4 is 28.0 Å². The molecule has 0 aromatic carbocycles. The second-order valence-electron chi connectivity index (χ2n) is 5.70. The van der Waals surface area contributed by atoms with Crippen LogP contribution in [0.4, 0.5) is 5.82 Å². The smallest absolute Gasteiger partial charge is 0.275 e. The molecule has 3 aromatic heterocycles. The van der Waals surface area contributed by atoms with E-state index in [-0.39, 0.29) is 11.9 Å². The van der Waals surface area contributed by atoms with Crippen molar-refractivity contribution in [3.63, 3.8) is 0 Å².